The molecule has 1 heterocycles. The molecule has 0 aliphatic rings. The maximum atomic E-state index is 13.5. The number of benzene rings is 1. The number of aromatic nitrogens is 1. The quantitative estimate of drug-likeness (QED) is 0.894. The third-order valence-corrected chi connectivity index (χ3v) is 2.49. The number of halogens is 2. The summed E-state index contributed by atoms with van der Waals surface area (Å²) in [6.45, 7) is 3.06. The molecule has 0 aliphatic carbocycles. The average molecular weight is 252 g/mol. The van der Waals surface area contributed by atoms with Crippen molar-refractivity contribution in [2.24, 2.45) is 0 Å². The Morgan fingerprint density at radius 1 is 1.28 bits per heavy atom. The maximum absolute atomic E-state index is 13.5. The van der Waals surface area contributed by atoms with Crippen molar-refractivity contribution in [3.8, 4) is 0 Å². The summed E-state index contributed by atoms with van der Waals surface area (Å²) in [4.78, 5) is 11.8. The number of carbonyl (C=O) groups excluding carboxylic acids is 1. The van der Waals surface area contributed by atoms with Gasteiger partial charge >= 0.3 is 0 Å². The van der Waals surface area contributed by atoms with Crippen molar-refractivity contribution in [2.75, 3.05) is 5.32 Å². The first-order valence-electron chi connectivity index (χ1n) is 5.17. The highest BCUT2D eigenvalue weighted by Crippen LogP contribution is 2.18. The molecule has 0 aliphatic heterocycles. The van der Waals surface area contributed by atoms with Crippen LogP contribution in [0, 0.1) is 25.5 Å². The number of hydrogen-bond donors (Lipinski definition) is 1. The summed E-state index contributed by atoms with van der Waals surface area (Å²) in [7, 11) is 0. The molecule has 0 saturated carbocycles. The summed E-state index contributed by atoms with van der Waals surface area (Å²) in [6.07, 6.45) is 1.31. The molecule has 1 aromatic heterocycles. The Labute approximate surface area is 102 Å². The number of amides is 1. The summed E-state index contributed by atoms with van der Waals surface area (Å²) < 4.78 is 31.3. The van der Waals surface area contributed by atoms with E-state index in [0.29, 0.717) is 17.5 Å². The van der Waals surface area contributed by atoms with Gasteiger partial charge in [0.2, 0.25) is 0 Å². The molecule has 2 rings (SSSR count). The van der Waals surface area contributed by atoms with Crippen molar-refractivity contribution >= 4 is 11.6 Å². The largest absolute Gasteiger partial charge is 0.359 e. The standard InChI is InChI=1S/C12H10F2N2O2/c1-6-3-8(10(14)4-9(6)13)12(17)16-11-5-15-18-7(11)2/h3-5H,1-2H3,(H,16,17). The SMILES string of the molecule is Cc1cc(C(=O)Nc2cnoc2C)c(F)cc1F. The van der Waals surface area contributed by atoms with Crippen LogP contribution in [0.1, 0.15) is 21.7 Å². The van der Waals surface area contributed by atoms with E-state index in [2.05, 4.69) is 10.5 Å². The molecule has 1 aromatic carbocycles. The van der Waals surface area contributed by atoms with E-state index in [4.69, 9.17) is 4.52 Å². The Morgan fingerprint density at radius 2 is 2.00 bits per heavy atom. The molecule has 2 aromatic rings. The molecule has 6 heteroatoms. The Bertz CT molecular complexity index is 608. The second kappa shape index (κ2) is 4.56. The zero-order valence-corrected chi connectivity index (χ0v) is 9.75. The zero-order valence-electron chi connectivity index (χ0n) is 9.75. The Balaban J connectivity index is 2.30. The molecular weight excluding hydrogens is 242 g/mol. The van der Waals surface area contributed by atoms with E-state index in [0.717, 1.165) is 6.07 Å². The van der Waals surface area contributed by atoms with E-state index in [9.17, 15) is 13.6 Å². The highest BCUT2D eigenvalue weighted by molar-refractivity contribution is 6.04. The summed E-state index contributed by atoms with van der Waals surface area (Å²) in [5.74, 6) is -1.88. The van der Waals surface area contributed by atoms with Gasteiger partial charge in [-0.3, -0.25) is 4.79 Å². The topological polar surface area (TPSA) is 55.1 Å². The molecule has 0 unspecified atom stereocenters. The minimum atomic E-state index is -0.912. The third kappa shape index (κ3) is 2.22. The predicted octanol–water partition coefficient (Wildman–Crippen LogP) is 2.82. The first-order chi connectivity index (χ1) is 8.49. The Morgan fingerprint density at radius 3 is 2.61 bits per heavy atom. The minimum absolute atomic E-state index is 0.198. The molecule has 1 amide bonds. The van der Waals surface area contributed by atoms with Gasteiger partial charge in [-0.2, -0.15) is 0 Å². The normalized spacial score (nSPS) is 10.4. The number of nitrogens with one attached hydrogen (secondary N) is 1. The first kappa shape index (κ1) is 12.2. The van der Waals surface area contributed by atoms with Gasteiger partial charge < -0.3 is 9.84 Å². The van der Waals surface area contributed by atoms with Gasteiger partial charge in [0, 0.05) is 6.07 Å². The molecule has 94 valence electrons. The van der Waals surface area contributed by atoms with Crippen LogP contribution < -0.4 is 5.32 Å². The Kier molecular flexibility index (Phi) is 3.10. The summed E-state index contributed by atoms with van der Waals surface area (Å²) in [5.41, 5.74) is 0.319. The number of aryl methyl sites for hydroxylation is 2. The van der Waals surface area contributed by atoms with E-state index in [1.165, 1.54) is 13.1 Å². The van der Waals surface area contributed by atoms with Crippen LogP contribution in [0.4, 0.5) is 14.5 Å². The van der Waals surface area contributed by atoms with Gasteiger partial charge in [0.05, 0.1) is 11.8 Å². The second-order valence-corrected chi connectivity index (χ2v) is 3.83. The number of carbonyl (C=O) groups is 1. The van der Waals surface area contributed by atoms with Crippen molar-refractivity contribution in [3.05, 3.63) is 46.9 Å². The lowest BCUT2D eigenvalue weighted by atomic mass is 10.1. The number of rotatable bonds is 2. The van der Waals surface area contributed by atoms with Gasteiger partial charge in [-0.1, -0.05) is 5.16 Å². The van der Waals surface area contributed by atoms with Crippen LogP contribution in [0.15, 0.2) is 22.9 Å². The molecule has 4 nitrogen and oxygen atoms in total. The summed E-state index contributed by atoms with van der Waals surface area (Å²) in [5, 5.41) is 5.92. The van der Waals surface area contributed by atoms with Gasteiger partial charge in [-0.25, -0.2) is 8.78 Å². The molecule has 0 saturated heterocycles. The van der Waals surface area contributed by atoms with Gasteiger partial charge in [-0.05, 0) is 25.5 Å². The van der Waals surface area contributed by atoms with Gasteiger partial charge in [0.15, 0.2) is 5.76 Å². The number of anilines is 1. The second-order valence-electron chi connectivity index (χ2n) is 3.83. The molecule has 0 radical (unpaired) electrons. The lowest BCUT2D eigenvalue weighted by Gasteiger charge is -2.06. The Hall–Kier alpha value is -2.24. The monoisotopic (exact) mass is 252 g/mol. The van der Waals surface area contributed by atoms with Crippen LogP contribution in [-0.2, 0) is 0 Å². The average Bonchev–Trinajstić information content (AvgIpc) is 2.69. The summed E-state index contributed by atoms with van der Waals surface area (Å²) in [6, 6.07) is 1.84. The van der Waals surface area contributed by atoms with E-state index in [1.54, 1.807) is 6.92 Å². The predicted molar refractivity (Wildman–Crippen MR) is 60.3 cm³/mol. The fourth-order valence-corrected chi connectivity index (χ4v) is 1.44. The van der Waals surface area contributed by atoms with E-state index >= 15 is 0 Å². The fourth-order valence-electron chi connectivity index (χ4n) is 1.44. The van der Waals surface area contributed by atoms with Crippen LogP contribution in [0.5, 0.6) is 0 Å². The van der Waals surface area contributed by atoms with E-state index in [1.807, 2.05) is 0 Å². The fraction of sp³-hybridized carbons (Fsp3) is 0.167. The van der Waals surface area contributed by atoms with Crippen molar-refractivity contribution < 1.29 is 18.1 Å². The zero-order chi connectivity index (χ0) is 13.3. The summed E-state index contributed by atoms with van der Waals surface area (Å²) >= 11 is 0. The van der Waals surface area contributed by atoms with Crippen LogP contribution in [0.3, 0.4) is 0 Å². The molecular formula is C12H10F2N2O2. The van der Waals surface area contributed by atoms with Gasteiger partial charge in [-0.15, -0.1) is 0 Å². The van der Waals surface area contributed by atoms with E-state index < -0.39 is 17.5 Å². The van der Waals surface area contributed by atoms with Gasteiger partial charge in [0.1, 0.15) is 17.3 Å². The highest BCUT2D eigenvalue weighted by atomic mass is 19.1. The molecule has 0 bridgehead atoms. The van der Waals surface area contributed by atoms with Gasteiger partial charge in [0.25, 0.3) is 5.91 Å². The number of nitrogens with zero attached hydrogens (tertiary/aromatic N) is 1. The third-order valence-electron chi connectivity index (χ3n) is 2.49. The molecule has 0 atom stereocenters. The molecule has 1 N–H and O–H groups in total. The minimum Gasteiger partial charge on any atom is -0.359 e. The first-order valence-corrected chi connectivity index (χ1v) is 5.17. The van der Waals surface area contributed by atoms with Crippen LogP contribution in [-0.4, -0.2) is 11.1 Å². The van der Waals surface area contributed by atoms with Crippen molar-refractivity contribution in [2.45, 2.75) is 13.8 Å². The maximum Gasteiger partial charge on any atom is 0.258 e. The van der Waals surface area contributed by atoms with Crippen LogP contribution >= 0.6 is 0 Å². The van der Waals surface area contributed by atoms with Crippen molar-refractivity contribution in [1.82, 2.24) is 5.16 Å². The van der Waals surface area contributed by atoms with Crippen LogP contribution in [0.2, 0.25) is 0 Å². The van der Waals surface area contributed by atoms with Crippen molar-refractivity contribution in [3.63, 3.8) is 0 Å². The molecule has 0 spiro atoms. The number of hydrogen-bond acceptors (Lipinski definition) is 3. The van der Waals surface area contributed by atoms with E-state index in [-0.39, 0.29) is 11.1 Å². The lowest BCUT2D eigenvalue weighted by molar-refractivity contribution is 0.102. The van der Waals surface area contributed by atoms with Crippen molar-refractivity contribution in [1.29, 1.82) is 0 Å². The van der Waals surface area contributed by atoms with Crippen LogP contribution in [0.25, 0.3) is 0 Å². The lowest BCUT2D eigenvalue weighted by Crippen LogP contribution is -2.14. The smallest absolute Gasteiger partial charge is 0.258 e. The molecule has 18 heavy (non-hydrogen) atoms. The highest BCUT2D eigenvalue weighted by Gasteiger charge is 2.16. The molecule has 0 fully saturated rings.